The Labute approximate surface area is 218 Å². The molecule has 1 atom stereocenters. The molecular weight excluding hydrogens is 477 g/mol. The number of hydrogen-bond donors (Lipinski definition) is 1. The third-order valence-corrected chi connectivity index (χ3v) is 7.12. The van der Waals surface area contributed by atoms with Gasteiger partial charge in [0, 0.05) is 61.5 Å². The van der Waals surface area contributed by atoms with Crippen LogP contribution in [-0.2, 0) is 22.7 Å². The highest BCUT2D eigenvalue weighted by atomic mass is 32.2. The molecule has 36 heavy (non-hydrogen) atoms. The minimum Gasteiger partial charge on any atom is -0.324 e. The molecule has 0 fully saturated rings. The number of pyridine rings is 1. The number of aromatic nitrogens is 4. The molecule has 10 heteroatoms. The molecule has 3 aromatic heterocycles. The van der Waals surface area contributed by atoms with Crippen LogP contribution in [0.15, 0.2) is 47.1 Å². The molecule has 2 aliphatic rings. The zero-order chi connectivity index (χ0) is 30.0. The lowest BCUT2D eigenvalue weighted by Crippen LogP contribution is -2.33. The van der Waals surface area contributed by atoms with Crippen molar-refractivity contribution in [3.05, 3.63) is 65.2 Å². The number of likely N-dealkylation sites (N-methyl/N-ethyl adjacent to an activating group) is 1. The Bertz CT molecular complexity index is 1810. The fraction of sp³-hybridized carbons (Fsp3) is 0.346. The van der Waals surface area contributed by atoms with Gasteiger partial charge in [0.25, 0.3) is 0 Å². The Kier molecular flexibility index (Phi) is 4.11. The van der Waals surface area contributed by atoms with E-state index in [0.717, 1.165) is 37.8 Å². The predicted molar refractivity (Wildman–Crippen MR) is 140 cm³/mol. The maximum absolute atomic E-state index is 14.9. The highest BCUT2D eigenvalue weighted by molar-refractivity contribution is 7.92. The van der Waals surface area contributed by atoms with Gasteiger partial charge in [0.05, 0.1) is 5.39 Å². The van der Waals surface area contributed by atoms with Crippen molar-refractivity contribution in [2.45, 2.75) is 31.7 Å². The maximum atomic E-state index is 14.9. The molecule has 186 valence electrons. The van der Waals surface area contributed by atoms with E-state index in [4.69, 9.17) is 8.22 Å². The molecule has 6 rings (SSSR count). The van der Waals surface area contributed by atoms with Gasteiger partial charge in [0.1, 0.15) is 5.82 Å². The second-order valence-electron chi connectivity index (χ2n) is 9.37. The molecule has 1 N–H and O–H groups in total. The number of anilines is 2. The molecule has 4 heterocycles. The largest absolute Gasteiger partial charge is 0.324 e. The quantitative estimate of drug-likeness (QED) is 0.418. The van der Waals surface area contributed by atoms with E-state index in [1.807, 2.05) is 0 Å². The number of halogens is 1. The van der Waals surface area contributed by atoms with Gasteiger partial charge in [-0.25, -0.2) is 18.6 Å². The molecule has 1 aliphatic heterocycles. The van der Waals surface area contributed by atoms with Gasteiger partial charge in [-0.3, -0.25) is 4.57 Å². The van der Waals surface area contributed by atoms with Gasteiger partial charge in [-0.15, -0.1) is 0 Å². The van der Waals surface area contributed by atoms with E-state index >= 15 is 0 Å². The zero-order valence-corrected chi connectivity index (χ0v) is 20.3. The maximum Gasteiger partial charge on any atom is 0.229 e. The predicted octanol–water partition coefficient (Wildman–Crippen LogP) is 4.92. The van der Waals surface area contributed by atoms with Crippen molar-refractivity contribution in [3.63, 3.8) is 0 Å². The third kappa shape index (κ3) is 4.35. The van der Waals surface area contributed by atoms with Crippen molar-refractivity contribution in [1.29, 1.82) is 0 Å². The first-order valence-corrected chi connectivity index (χ1v) is 13.1. The highest BCUT2D eigenvalue weighted by Crippen LogP contribution is 2.40. The average Bonchev–Trinajstić information content (AvgIpc) is 3.23. The number of aryl methyl sites for hydroxylation is 1. The molecule has 0 saturated carbocycles. The number of nitrogens with one attached hydrogen (secondary N) is 1. The van der Waals surface area contributed by atoms with Crippen molar-refractivity contribution < 1.29 is 16.8 Å². The van der Waals surface area contributed by atoms with E-state index < -0.39 is 27.9 Å². The Morgan fingerprint density at radius 1 is 1.25 bits per heavy atom. The lowest BCUT2D eigenvalue weighted by atomic mass is 9.77. The Morgan fingerprint density at radius 2 is 2.11 bits per heavy atom. The van der Waals surface area contributed by atoms with Crippen LogP contribution in [0.3, 0.4) is 0 Å². The fourth-order valence-corrected chi connectivity index (χ4v) is 5.74. The van der Waals surface area contributed by atoms with Crippen LogP contribution in [0, 0.1) is 5.82 Å². The molecule has 8 nitrogen and oxygen atoms in total. The van der Waals surface area contributed by atoms with Gasteiger partial charge in [-0.05, 0) is 73.2 Å². The Morgan fingerprint density at radius 3 is 2.97 bits per heavy atom. The van der Waals surface area contributed by atoms with E-state index in [2.05, 4.69) is 48.7 Å². The summed E-state index contributed by atoms with van der Waals surface area (Å²) in [5.41, 5.74) is 5.06. The summed E-state index contributed by atoms with van der Waals surface area (Å²) in [5.74, 6) is -0.162. The van der Waals surface area contributed by atoms with Crippen LogP contribution in [0.25, 0.3) is 16.9 Å². The third-order valence-electron chi connectivity index (χ3n) is 6.67. The van der Waals surface area contributed by atoms with Gasteiger partial charge >= 0.3 is 0 Å². The molecular formula is C26H28FN7OS. The van der Waals surface area contributed by atoms with E-state index in [-0.39, 0.29) is 28.6 Å². The molecule has 1 aliphatic carbocycles. The second kappa shape index (κ2) is 8.63. The summed E-state index contributed by atoms with van der Waals surface area (Å²) in [6.07, 6.45) is -0.953. The molecule has 0 saturated heterocycles. The van der Waals surface area contributed by atoms with Crippen molar-refractivity contribution in [2.24, 2.45) is 4.36 Å². The summed E-state index contributed by atoms with van der Waals surface area (Å²) in [7, 11) is -2.60. The van der Waals surface area contributed by atoms with Crippen LogP contribution in [0.1, 0.15) is 43.7 Å². The normalized spacial score (nSPS) is 20.9. The SMILES string of the molecule is [2H]C([2H])([2H])S(=O)(=Nc1cccc(-n2cc(F)c3cnc(Nc4cc5c6c(c4)CN(C)C[C@H]6CCC5)nc32)n1)C([2H])([2H])[2H]. The summed E-state index contributed by atoms with van der Waals surface area (Å²) < 4.78 is 78.0. The molecule has 0 amide bonds. The molecule has 0 spiro atoms. The highest BCUT2D eigenvalue weighted by Gasteiger charge is 2.29. The van der Waals surface area contributed by atoms with Gasteiger partial charge in [-0.1, -0.05) is 6.07 Å². The Balaban J connectivity index is 1.39. The van der Waals surface area contributed by atoms with E-state index in [0.29, 0.717) is 5.92 Å². The summed E-state index contributed by atoms with van der Waals surface area (Å²) in [5, 5.41) is 3.37. The second-order valence-corrected chi connectivity index (χ2v) is 10.6. The number of fused-ring (bicyclic) bond motifs is 1. The molecule has 0 bridgehead atoms. The first-order valence-electron chi connectivity index (χ1n) is 14.6. The monoisotopic (exact) mass is 511 g/mol. The topological polar surface area (TPSA) is 88.3 Å². The number of rotatable bonds is 4. The van der Waals surface area contributed by atoms with Crippen LogP contribution in [-0.4, -0.2) is 54.6 Å². The van der Waals surface area contributed by atoms with Crippen LogP contribution < -0.4 is 5.32 Å². The van der Waals surface area contributed by atoms with Gasteiger partial charge < -0.3 is 10.2 Å². The van der Waals surface area contributed by atoms with Crippen molar-refractivity contribution in [2.75, 3.05) is 31.3 Å². The number of hydrogen-bond acceptors (Lipinski definition) is 7. The molecule has 1 aromatic carbocycles. The summed E-state index contributed by atoms with van der Waals surface area (Å²) in [6.45, 7) is 1.91. The first-order chi connectivity index (χ1) is 19.7. The summed E-state index contributed by atoms with van der Waals surface area (Å²) in [6, 6.07) is 8.38. The first kappa shape index (κ1) is 17.1. The van der Waals surface area contributed by atoms with Gasteiger partial charge in [0.15, 0.2) is 17.3 Å². The van der Waals surface area contributed by atoms with Gasteiger partial charge in [0.2, 0.25) is 5.95 Å². The lowest BCUT2D eigenvalue weighted by molar-refractivity contribution is 0.266. The van der Waals surface area contributed by atoms with E-state index in [1.165, 1.54) is 52.1 Å². The summed E-state index contributed by atoms with van der Waals surface area (Å²) in [4.78, 5) is 15.4. The van der Waals surface area contributed by atoms with Crippen LogP contribution in [0.5, 0.6) is 0 Å². The fourth-order valence-electron chi connectivity index (χ4n) is 5.37. The average molecular weight is 512 g/mol. The van der Waals surface area contributed by atoms with Crippen LogP contribution in [0.2, 0.25) is 0 Å². The number of nitrogens with zero attached hydrogens (tertiary/aromatic N) is 6. The van der Waals surface area contributed by atoms with Gasteiger partial charge in [-0.2, -0.15) is 9.35 Å². The van der Waals surface area contributed by atoms with E-state index in [9.17, 15) is 8.60 Å². The van der Waals surface area contributed by atoms with E-state index in [1.54, 1.807) is 0 Å². The summed E-state index contributed by atoms with van der Waals surface area (Å²) >= 11 is 0. The number of benzene rings is 1. The van der Waals surface area contributed by atoms with Crippen LogP contribution in [0.4, 0.5) is 21.8 Å². The minimum atomic E-state index is -4.73. The standard InChI is InChI=1S/C26H28FN7OS/c1-33-13-17-7-4-6-16-10-19(11-18(14-33)24(16)17)29-26-28-12-20-21(27)15-34(25(20)31-26)23-9-5-8-22(30-23)32-36(2,3)35/h5,8-12,15,17H,4,6-7,13-14H2,1-3H3,(H,28,29,31)/t17-/m1/s1/i2D3,3D3. The molecule has 0 unspecified atom stereocenters. The smallest absolute Gasteiger partial charge is 0.229 e. The zero-order valence-electron chi connectivity index (χ0n) is 25.5. The van der Waals surface area contributed by atoms with Crippen LogP contribution >= 0.6 is 0 Å². The molecule has 0 radical (unpaired) electrons. The minimum absolute atomic E-state index is 0.0694. The Hall–Kier alpha value is -3.37. The van der Waals surface area contributed by atoms with Crippen molar-refractivity contribution in [1.82, 2.24) is 24.4 Å². The molecule has 4 aromatic rings. The lowest BCUT2D eigenvalue weighted by Gasteiger charge is -2.37. The van der Waals surface area contributed by atoms with Crippen molar-refractivity contribution in [3.8, 4) is 5.82 Å². The van der Waals surface area contributed by atoms with Crippen molar-refractivity contribution >= 4 is 38.2 Å².